The quantitative estimate of drug-likeness (QED) is 0.878. The molecule has 1 N–H and O–H groups in total. The van der Waals surface area contributed by atoms with Crippen molar-refractivity contribution in [1.29, 1.82) is 0 Å². The summed E-state index contributed by atoms with van der Waals surface area (Å²) in [6, 6.07) is 9.56. The van der Waals surface area contributed by atoms with Crippen LogP contribution in [0.1, 0.15) is 16.9 Å². The highest BCUT2D eigenvalue weighted by Gasteiger charge is 2.07. The SMILES string of the molecule is Cc1ccc(C)c(NC(=O)Cc2ccco2)c1. The van der Waals surface area contributed by atoms with Crippen LogP contribution in [-0.2, 0) is 11.2 Å². The van der Waals surface area contributed by atoms with Gasteiger partial charge < -0.3 is 9.73 Å². The molecule has 0 unspecified atom stereocenters. The van der Waals surface area contributed by atoms with Crippen molar-refractivity contribution >= 4 is 11.6 Å². The Morgan fingerprint density at radius 3 is 2.82 bits per heavy atom. The molecule has 1 aromatic heterocycles. The molecule has 1 amide bonds. The number of anilines is 1. The highest BCUT2D eigenvalue weighted by Crippen LogP contribution is 2.16. The standard InChI is InChI=1S/C14H15NO2/c1-10-5-6-11(2)13(8-10)15-14(16)9-12-4-3-7-17-12/h3-8H,9H2,1-2H3,(H,15,16). The van der Waals surface area contributed by atoms with Crippen LogP contribution in [0.4, 0.5) is 5.69 Å². The maximum atomic E-state index is 11.8. The van der Waals surface area contributed by atoms with Crippen molar-refractivity contribution in [3.63, 3.8) is 0 Å². The Bertz CT molecular complexity index is 515. The van der Waals surface area contributed by atoms with Crippen LogP contribution in [-0.4, -0.2) is 5.91 Å². The smallest absolute Gasteiger partial charge is 0.232 e. The summed E-state index contributed by atoms with van der Waals surface area (Å²) in [4.78, 5) is 11.8. The van der Waals surface area contributed by atoms with Gasteiger partial charge in [0.2, 0.25) is 5.91 Å². The third kappa shape index (κ3) is 2.97. The first-order valence-corrected chi connectivity index (χ1v) is 5.54. The molecule has 0 spiro atoms. The van der Waals surface area contributed by atoms with E-state index in [0.29, 0.717) is 5.76 Å². The van der Waals surface area contributed by atoms with Crippen molar-refractivity contribution in [1.82, 2.24) is 0 Å². The lowest BCUT2D eigenvalue weighted by atomic mass is 10.1. The van der Waals surface area contributed by atoms with E-state index in [1.807, 2.05) is 32.0 Å². The van der Waals surface area contributed by atoms with Gasteiger partial charge in [-0.05, 0) is 43.2 Å². The van der Waals surface area contributed by atoms with Gasteiger partial charge in [0, 0.05) is 5.69 Å². The number of carbonyl (C=O) groups excluding carboxylic acids is 1. The summed E-state index contributed by atoms with van der Waals surface area (Å²) in [5, 5.41) is 2.89. The summed E-state index contributed by atoms with van der Waals surface area (Å²) in [5.41, 5.74) is 3.05. The Kier molecular flexibility index (Phi) is 3.28. The van der Waals surface area contributed by atoms with E-state index >= 15 is 0 Å². The van der Waals surface area contributed by atoms with E-state index < -0.39 is 0 Å². The van der Waals surface area contributed by atoms with Crippen LogP contribution >= 0.6 is 0 Å². The fourth-order valence-corrected chi connectivity index (χ4v) is 1.64. The molecule has 2 rings (SSSR count). The molecule has 88 valence electrons. The van der Waals surface area contributed by atoms with E-state index in [-0.39, 0.29) is 12.3 Å². The molecule has 1 heterocycles. The second-order valence-electron chi connectivity index (χ2n) is 4.12. The zero-order valence-corrected chi connectivity index (χ0v) is 9.99. The molecule has 0 saturated carbocycles. The second-order valence-corrected chi connectivity index (χ2v) is 4.12. The van der Waals surface area contributed by atoms with E-state index in [2.05, 4.69) is 5.32 Å². The van der Waals surface area contributed by atoms with Gasteiger partial charge in [0.25, 0.3) is 0 Å². The van der Waals surface area contributed by atoms with E-state index in [9.17, 15) is 4.79 Å². The molecule has 0 atom stereocenters. The Labute approximate surface area is 100 Å². The number of hydrogen-bond donors (Lipinski definition) is 1. The maximum Gasteiger partial charge on any atom is 0.232 e. The Morgan fingerprint density at radius 1 is 1.29 bits per heavy atom. The lowest BCUT2D eigenvalue weighted by molar-refractivity contribution is -0.115. The van der Waals surface area contributed by atoms with Crippen molar-refractivity contribution < 1.29 is 9.21 Å². The molecule has 0 aliphatic carbocycles. The molecule has 0 aliphatic heterocycles. The van der Waals surface area contributed by atoms with Crippen molar-refractivity contribution in [2.45, 2.75) is 20.3 Å². The van der Waals surface area contributed by atoms with Crippen LogP contribution in [0.25, 0.3) is 0 Å². The molecule has 0 aliphatic rings. The number of carbonyl (C=O) groups is 1. The van der Waals surface area contributed by atoms with Gasteiger partial charge in [0.1, 0.15) is 5.76 Å². The Hall–Kier alpha value is -2.03. The van der Waals surface area contributed by atoms with Crippen molar-refractivity contribution in [2.24, 2.45) is 0 Å². The van der Waals surface area contributed by atoms with Gasteiger partial charge in [-0.1, -0.05) is 12.1 Å². The lowest BCUT2D eigenvalue weighted by Gasteiger charge is -2.08. The van der Waals surface area contributed by atoms with Crippen LogP contribution in [0.3, 0.4) is 0 Å². The molecule has 3 heteroatoms. The average Bonchev–Trinajstić information content (AvgIpc) is 2.76. The van der Waals surface area contributed by atoms with Gasteiger partial charge in [0.15, 0.2) is 0 Å². The minimum atomic E-state index is -0.0614. The summed E-state index contributed by atoms with van der Waals surface area (Å²) in [5.74, 6) is 0.612. The van der Waals surface area contributed by atoms with Gasteiger partial charge in [-0.3, -0.25) is 4.79 Å². The lowest BCUT2D eigenvalue weighted by Crippen LogP contribution is -2.14. The predicted molar refractivity (Wildman–Crippen MR) is 67.0 cm³/mol. The van der Waals surface area contributed by atoms with Gasteiger partial charge >= 0.3 is 0 Å². The topological polar surface area (TPSA) is 42.2 Å². The Balaban J connectivity index is 2.05. The molecule has 0 radical (unpaired) electrons. The van der Waals surface area contributed by atoms with Gasteiger partial charge in [-0.25, -0.2) is 0 Å². The van der Waals surface area contributed by atoms with E-state index in [0.717, 1.165) is 16.8 Å². The second kappa shape index (κ2) is 4.87. The van der Waals surface area contributed by atoms with Crippen molar-refractivity contribution in [3.8, 4) is 0 Å². The van der Waals surface area contributed by atoms with Crippen LogP contribution in [0.15, 0.2) is 41.0 Å². The minimum Gasteiger partial charge on any atom is -0.469 e. The molecular formula is C14H15NO2. The molecule has 0 fully saturated rings. The first-order chi connectivity index (χ1) is 8.15. The van der Waals surface area contributed by atoms with Crippen LogP contribution in [0.5, 0.6) is 0 Å². The van der Waals surface area contributed by atoms with E-state index in [1.54, 1.807) is 18.4 Å². The summed E-state index contributed by atoms with van der Waals surface area (Å²) in [6.07, 6.45) is 1.83. The monoisotopic (exact) mass is 229 g/mol. The largest absolute Gasteiger partial charge is 0.469 e. The van der Waals surface area contributed by atoms with Crippen molar-refractivity contribution in [3.05, 3.63) is 53.5 Å². The van der Waals surface area contributed by atoms with Gasteiger partial charge in [-0.15, -0.1) is 0 Å². The molecule has 0 bridgehead atoms. The van der Waals surface area contributed by atoms with Gasteiger partial charge in [-0.2, -0.15) is 0 Å². The summed E-state index contributed by atoms with van der Waals surface area (Å²) in [6.45, 7) is 3.98. The summed E-state index contributed by atoms with van der Waals surface area (Å²) < 4.78 is 5.13. The highest BCUT2D eigenvalue weighted by molar-refractivity contribution is 5.92. The van der Waals surface area contributed by atoms with Crippen molar-refractivity contribution in [2.75, 3.05) is 5.32 Å². The first kappa shape index (κ1) is 11.5. The number of hydrogen-bond acceptors (Lipinski definition) is 2. The van der Waals surface area contributed by atoms with Crippen LogP contribution in [0, 0.1) is 13.8 Å². The summed E-state index contributed by atoms with van der Waals surface area (Å²) >= 11 is 0. The molecular weight excluding hydrogens is 214 g/mol. The number of furan rings is 1. The van der Waals surface area contributed by atoms with E-state index in [1.165, 1.54) is 0 Å². The normalized spacial score (nSPS) is 10.2. The third-order valence-electron chi connectivity index (χ3n) is 2.58. The molecule has 17 heavy (non-hydrogen) atoms. The van der Waals surface area contributed by atoms with Crippen LogP contribution in [0.2, 0.25) is 0 Å². The molecule has 3 nitrogen and oxygen atoms in total. The average molecular weight is 229 g/mol. The predicted octanol–water partition coefficient (Wildman–Crippen LogP) is 3.08. The maximum absolute atomic E-state index is 11.8. The van der Waals surface area contributed by atoms with E-state index in [4.69, 9.17) is 4.42 Å². The highest BCUT2D eigenvalue weighted by atomic mass is 16.3. The van der Waals surface area contributed by atoms with Gasteiger partial charge in [0.05, 0.1) is 12.7 Å². The fourth-order valence-electron chi connectivity index (χ4n) is 1.64. The number of rotatable bonds is 3. The Morgan fingerprint density at radius 2 is 2.12 bits per heavy atom. The number of amides is 1. The fraction of sp³-hybridized carbons (Fsp3) is 0.214. The zero-order valence-electron chi connectivity index (χ0n) is 9.99. The summed E-state index contributed by atoms with van der Waals surface area (Å²) in [7, 11) is 0. The minimum absolute atomic E-state index is 0.0614. The molecule has 1 aromatic carbocycles. The molecule has 0 saturated heterocycles. The zero-order chi connectivity index (χ0) is 12.3. The van der Waals surface area contributed by atoms with Crippen LogP contribution < -0.4 is 5.32 Å². The number of nitrogens with one attached hydrogen (secondary N) is 1. The first-order valence-electron chi connectivity index (χ1n) is 5.54. The number of benzene rings is 1. The number of aryl methyl sites for hydroxylation is 2. The molecule has 2 aromatic rings. The third-order valence-corrected chi connectivity index (χ3v) is 2.58.